The maximum Gasteiger partial charge on any atom is 0.310 e. The number of hydrogen-bond donors (Lipinski definition) is 0. The highest BCUT2D eigenvalue weighted by atomic mass is 16.5. The van der Waals surface area contributed by atoms with E-state index in [1.807, 2.05) is 45.9 Å². The number of carbonyl (C=O) groups is 1. The first kappa shape index (κ1) is 18.0. The SMILES string of the molecule is Cc1cc(-c2nnc(COC(=O)Cc3coc4c(C)c(C)ccc34)o2)c(C)o1. The van der Waals surface area contributed by atoms with Crippen molar-refractivity contribution in [1.82, 2.24) is 10.2 Å². The van der Waals surface area contributed by atoms with Crippen LogP contribution < -0.4 is 0 Å². The standard InChI is InChI=1S/C21H20N2O5/c1-11-5-6-16-15(9-26-20(16)13(11)3)8-19(24)25-10-18-22-23-21(28-18)17-7-12(2)27-14(17)4/h5-7,9H,8,10H2,1-4H3. The number of esters is 1. The average Bonchev–Trinajstić information content (AvgIpc) is 3.36. The molecule has 4 aromatic rings. The van der Waals surface area contributed by atoms with Crippen molar-refractivity contribution in [2.75, 3.05) is 0 Å². The summed E-state index contributed by atoms with van der Waals surface area (Å²) >= 11 is 0. The molecule has 3 aromatic heterocycles. The van der Waals surface area contributed by atoms with E-state index in [-0.39, 0.29) is 18.9 Å². The zero-order chi connectivity index (χ0) is 19.8. The Morgan fingerprint density at radius 1 is 1.11 bits per heavy atom. The van der Waals surface area contributed by atoms with Gasteiger partial charge in [0.05, 0.1) is 18.2 Å². The van der Waals surface area contributed by atoms with Crippen LogP contribution in [-0.2, 0) is 22.6 Å². The highest BCUT2D eigenvalue weighted by Gasteiger charge is 2.17. The summed E-state index contributed by atoms with van der Waals surface area (Å²) in [6, 6.07) is 5.80. The van der Waals surface area contributed by atoms with Crippen LogP contribution in [0.4, 0.5) is 0 Å². The zero-order valence-electron chi connectivity index (χ0n) is 16.2. The van der Waals surface area contributed by atoms with Crippen LogP contribution >= 0.6 is 0 Å². The number of benzene rings is 1. The number of aromatic nitrogens is 2. The highest BCUT2D eigenvalue weighted by molar-refractivity contribution is 5.88. The highest BCUT2D eigenvalue weighted by Crippen LogP contribution is 2.27. The summed E-state index contributed by atoms with van der Waals surface area (Å²) in [4.78, 5) is 12.2. The largest absolute Gasteiger partial charge is 0.466 e. The molecule has 0 amide bonds. The number of furan rings is 2. The first-order valence-corrected chi connectivity index (χ1v) is 8.94. The van der Waals surface area contributed by atoms with Gasteiger partial charge in [0.1, 0.15) is 17.1 Å². The van der Waals surface area contributed by atoms with Gasteiger partial charge in [-0.1, -0.05) is 12.1 Å². The van der Waals surface area contributed by atoms with Crippen LogP contribution in [0, 0.1) is 27.7 Å². The third-order valence-corrected chi connectivity index (χ3v) is 4.77. The molecular weight excluding hydrogens is 360 g/mol. The Kier molecular flexibility index (Phi) is 4.50. The van der Waals surface area contributed by atoms with Crippen molar-refractivity contribution < 1.29 is 22.8 Å². The van der Waals surface area contributed by atoms with Crippen molar-refractivity contribution in [3.05, 3.63) is 58.6 Å². The Balaban J connectivity index is 1.42. The van der Waals surface area contributed by atoms with Gasteiger partial charge in [0.2, 0.25) is 0 Å². The maximum absolute atomic E-state index is 12.2. The molecule has 7 heteroatoms. The molecule has 0 aliphatic rings. The number of hydrogen-bond acceptors (Lipinski definition) is 7. The molecule has 0 N–H and O–H groups in total. The lowest BCUT2D eigenvalue weighted by molar-refractivity contribution is -0.144. The van der Waals surface area contributed by atoms with Gasteiger partial charge in [0.15, 0.2) is 6.61 Å². The fraction of sp³-hybridized carbons (Fsp3) is 0.286. The molecule has 0 bridgehead atoms. The second kappa shape index (κ2) is 6.99. The number of carbonyl (C=O) groups excluding carboxylic acids is 1. The summed E-state index contributed by atoms with van der Waals surface area (Å²) < 4.78 is 22.0. The van der Waals surface area contributed by atoms with Crippen LogP contribution in [-0.4, -0.2) is 16.2 Å². The lowest BCUT2D eigenvalue weighted by atomic mass is 10.0. The Bertz CT molecular complexity index is 1170. The third kappa shape index (κ3) is 3.31. The monoisotopic (exact) mass is 380 g/mol. The first-order valence-electron chi connectivity index (χ1n) is 8.94. The fourth-order valence-corrected chi connectivity index (χ4v) is 3.14. The second-order valence-electron chi connectivity index (χ2n) is 6.81. The molecule has 0 saturated carbocycles. The van der Waals surface area contributed by atoms with E-state index >= 15 is 0 Å². The summed E-state index contributed by atoms with van der Waals surface area (Å²) in [5.74, 6) is 1.63. The van der Waals surface area contributed by atoms with Gasteiger partial charge in [-0.2, -0.15) is 0 Å². The number of rotatable bonds is 5. The van der Waals surface area contributed by atoms with Gasteiger partial charge >= 0.3 is 5.97 Å². The predicted molar refractivity (Wildman–Crippen MR) is 101 cm³/mol. The maximum atomic E-state index is 12.2. The minimum Gasteiger partial charge on any atom is -0.466 e. The van der Waals surface area contributed by atoms with E-state index < -0.39 is 5.97 Å². The zero-order valence-corrected chi connectivity index (χ0v) is 16.2. The Morgan fingerprint density at radius 2 is 1.93 bits per heavy atom. The fourth-order valence-electron chi connectivity index (χ4n) is 3.14. The summed E-state index contributed by atoms with van der Waals surface area (Å²) in [5, 5.41) is 8.84. The molecule has 0 unspecified atom stereocenters. The van der Waals surface area contributed by atoms with Crippen LogP contribution in [0.2, 0.25) is 0 Å². The first-order chi connectivity index (χ1) is 13.4. The molecule has 0 aliphatic carbocycles. The van der Waals surface area contributed by atoms with Gasteiger partial charge in [-0.25, -0.2) is 0 Å². The quantitative estimate of drug-likeness (QED) is 0.467. The van der Waals surface area contributed by atoms with Crippen molar-refractivity contribution in [1.29, 1.82) is 0 Å². The van der Waals surface area contributed by atoms with E-state index in [1.54, 1.807) is 6.26 Å². The van der Waals surface area contributed by atoms with E-state index in [2.05, 4.69) is 10.2 Å². The molecular formula is C21H20N2O5. The minimum absolute atomic E-state index is 0.0877. The third-order valence-electron chi connectivity index (χ3n) is 4.77. The molecule has 0 radical (unpaired) electrons. The van der Waals surface area contributed by atoms with Gasteiger partial charge in [-0.3, -0.25) is 4.79 Å². The average molecular weight is 380 g/mol. The molecule has 7 nitrogen and oxygen atoms in total. The number of fused-ring (bicyclic) bond motifs is 1. The van der Waals surface area contributed by atoms with Crippen LogP contribution in [0.3, 0.4) is 0 Å². The van der Waals surface area contributed by atoms with Crippen molar-refractivity contribution in [3.8, 4) is 11.5 Å². The van der Waals surface area contributed by atoms with Gasteiger partial charge in [0, 0.05) is 10.9 Å². The van der Waals surface area contributed by atoms with Crippen LogP contribution in [0.1, 0.15) is 34.1 Å². The van der Waals surface area contributed by atoms with Crippen molar-refractivity contribution in [2.45, 2.75) is 40.7 Å². The number of ether oxygens (including phenoxy) is 1. The molecule has 28 heavy (non-hydrogen) atoms. The summed E-state index contributed by atoms with van der Waals surface area (Å²) in [6.45, 7) is 7.61. The molecule has 1 aromatic carbocycles. The normalized spacial score (nSPS) is 11.3. The number of nitrogens with zero attached hydrogens (tertiary/aromatic N) is 2. The second-order valence-corrected chi connectivity index (χ2v) is 6.81. The van der Waals surface area contributed by atoms with Crippen LogP contribution in [0.25, 0.3) is 22.4 Å². The van der Waals surface area contributed by atoms with Crippen molar-refractivity contribution >= 4 is 16.9 Å². The lowest BCUT2D eigenvalue weighted by Gasteiger charge is -2.02. The van der Waals surface area contributed by atoms with Crippen LogP contribution in [0.5, 0.6) is 0 Å². The molecule has 0 atom stereocenters. The van der Waals surface area contributed by atoms with Gasteiger partial charge in [-0.05, 0) is 44.9 Å². The van der Waals surface area contributed by atoms with Gasteiger partial charge in [0.25, 0.3) is 11.8 Å². The van der Waals surface area contributed by atoms with E-state index in [0.717, 1.165) is 39.0 Å². The molecule has 0 aliphatic heterocycles. The van der Waals surface area contributed by atoms with Gasteiger partial charge in [-0.15, -0.1) is 10.2 Å². The molecule has 0 spiro atoms. The number of aryl methyl sites for hydroxylation is 4. The molecule has 0 saturated heterocycles. The molecule has 3 heterocycles. The Labute approximate surface area is 161 Å². The smallest absolute Gasteiger partial charge is 0.310 e. The van der Waals surface area contributed by atoms with Crippen molar-refractivity contribution in [3.63, 3.8) is 0 Å². The Morgan fingerprint density at radius 3 is 2.68 bits per heavy atom. The summed E-state index contributed by atoms with van der Waals surface area (Å²) in [5.41, 5.74) is 4.54. The predicted octanol–water partition coefficient (Wildman–Crippen LogP) is 4.60. The van der Waals surface area contributed by atoms with E-state index in [4.69, 9.17) is 18.0 Å². The minimum atomic E-state index is -0.393. The van der Waals surface area contributed by atoms with Gasteiger partial charge < -0.3 is 18.0 Å². The van der Waals surface area contributed by atoms with E-state index in [9.17, 15) is 4.79 Å². The molecule has 4 rings (SSSR count). The van der Waals surface area contributed by atoms with Crippen LogP contribution in [0.15, 0.2) is 37.7 Å². The van der Waals surface area contributed by atoms with E-state index in [0.29, 0.717) is 11.7 Å². The molecule has 0 fully saturated rings. The summed E-state index contributed by atoms with van der Waals surface area (Å²) in [6.07, 6.45) is 1.71. The Hall–Kier alpha value is -3.35. The lowest BCUT2D eigenvalue weighted by Crippen LogP contribution is -2.08. The van der Waals surface area contributed by atoms with E-state index in [1.165, 1.54) is 0 Å². The molecule has 144 valence electrons. The van der Waals surface area contributed by atoms with Crippen molar-refractivity contribution in [2.24, 2.45) is 0 Å². The summed E-state index contributed by atoms with van der Waals surface area (Å²) in [7, 11) is 0. The topological polar surface area (TPSA) is 91.5 Å².